The summed E-state index contributed by atoms with van der Waals surface area (Å²) in [5.41, 5.74) is 11.7. The molecule has 1 aromatic carbocycles. The van der Waals surface area contributed by atoms with E-state index in [0.717, 1.165) is 12.8 Å². The van der Waals surface area contributed by atoms with Crippen LogP contribution in [0.15, 0.2) is 24.3 Å². The van der Waals surface area contributed by atoms with Crippen molar-refractivity contribution in [3.63, 3.8) is 0 Å². The Balaban J connectivity index is 2.49. The highest BCUT2D eigenvalue weighted by Gasteiger charge is 2.05. The van der Waals surface area contributed by atoms with Crippen LogP contribution in [0.4, 0.5) is 5.69 Å². The third-order valence-electron chi connectivity index (χ3n) is 2.49. The normalized spacial score (nSPS) is 11.9. The number of hydrogen-bond donors (Lipinski definition) is 3. The van der Waals surface area contributed by atoms with Crippen LogP contribution < -0.4 is 16.8 Å². The molecule has 0 heterocycles. The summed E-state index contributed by atoms with van der Waals surface area (Å²) in [6.07, 6.45) is 1.98. The van der Waals surface area contributed by atoms with Gasteiger partial charge in [-0.15, -0.1) is 0 Å². The number of benzene rings is 1. The van der Waals surface area contributed by atoms with Crippen LogP contribution in [0.1, 0.15) is 36.5 Å². The first-order chi connectivity index (χ1) is 8.49. The minimum absolute atomic E-state index is 0.0859. The lowest BCUT2D eigenvalue weighted by Gasteiger charge is -2.07. The fraction of sp³-hybridized carbons (Fsp3) is 0.385. The van der Waals surface area contributed by atoms with Crippen molar-refractivity contribution in [1.82, 2.24) is 0 Å². The van der Waals surface area contributed by atoms with Gasteiger partial charge in [0, 0.05) is 23.7 Å². The molecule has 98 valence electrons. The molecule has 18 heavy (non-hydrogen) atoms. The maximum absolute atomic E-state index is 11.6. The molecule has 2 amide bonds. The van der Waals surface area contributed by atoms with Gasteiger partial charge in [0.05, 0.1) is 0 Å². The van der Waals surface area contributed by atoms with Crippen LogP contribution in [-0.4, -0.2) is 17.9 Å². The number of nitrogens with one attached hydrogen (secondary N) is 1. The fourth-order valence-electron chi connectivity index (χ4n) is 1.56. The van der Waals surface area contributed by atoms with Crippen molar-refractivity contribution in [3.8, 4) is 0 Å². The number of rotatable bonds is 6. The smallest absolute Gasteiger partial charge is 0.248 e. The molecule has 0 saturated carbocycles. The van der Waals surface area contributed by atoms with E-state index in [2.05, 4.69) is 5.32 Å². The second kappa shape index (κ2) is 6.76. The number of primary amides is 1. The van der Waals surface area contributed by atoms with E-state index in [1.54, 1.807) is 24.3 Å². The van der Waals surface area contributed by atoms with Gasteiger partial charge in [-0.2, -0.15) is 0 Å². The molecule has 0 spiro atoms. The van der Waals surface area contributed by atoms with Crippen molar-refractivity contribution in [2.75, 3.05) is 5.32 Å². The van der Waals surface area contributed by atoms with E-state index in [-0.39, 0.29) is 11.9 Å². The van der Waals surface area contributed by atoms with E-state index in [1.807, 2.05) is 6.92 Å². The Kier molecular flexibility index (Phi) is 5.32. The third-order valence-corrected chi connectivity index (χ3v) is 2.49. The first-order valence-electron chi connectivity index (χ1n) is 5.94. The molecule has 0 bridgehead atoms. The summed E-state index contributed by atoms with van der Waals surface area (Å²) in [4.78, 5) is 22.6. The Labute approximate surface area is 107 Å². The molecule has 0 aromatic heterocycles. The van der Waals surface area contributed by atoms with Crippen LogP contribution in [0.3, 0.4) is 0 Å². The highest BCUT2D eigenvalue weighted by molar-refractivity contribution is 5.96. The molecular formula is C13H19N3O2. The Hall–Kier alpha value is -1.88. The summed E-state index contributed by atoms with van der Waals surface area (Å²) >= 11 is 0. The first-order valence-corrected chi connectivity index (χ1v) is 5.94. The van der Waals surface area contributed by atoms with Crippen molar-refractivity contribution in [3.05, 3.63) is 29.8 Å². The second-order valence-corrected chi connectivity index (χ2v) is 4.36. The zero-order valence-corrected chi connectivity index (χ0v) is 10.5. The number of carbonyl (C=O) groups is 2. The SMILES string of the molecule is CC(N)CCCC(=O)Nc1cccc(C(N)=O)c1. The molecule has 5 nitrogen and oxygen atoms in total. The van der Waals surface area contributed by atoms with Crippen molar-refractivity contribution in [2.24, 2.45) is 11.5 Å². The van der Waals surface area contributed by atoms with Crippen molar-refractivity contribution < 1.29 is 9.59 Å². The average molecular weight is 249 g/mol. The first kappa shape index (κ1) is 14.2. The number of hydrogen-bond acceptors (Lipinski definition) is 3. The largest absolute Gasteiger partial charge is 0.366 e. The predicted octanol–water partition coefficient (Wildman–Crippen LogP) is 1.24. The minimum Gasteiger partial charge on any atom is -0.366 e. The third kappa shape index (κ3) is 4.97. The molecule has 0 fully saturated rings. The number of anilines is 1. The molecule has 0 aliphatic rings. The molecule has 0 radical (unpaired) electrons. The van der Waals surface area contributed by atoms with Gasteiger partial charge in [-0.25, -0.2) is 0 Å². The van der Waals surface area contributed by atoms with Gasteiger partial charge in [-0.05, 0) is 38.0 Å². The van der Waals surface area contributed by atoms with E-state index >= 15 is 0 Å². The molecule has 1 unspecified atom stereocenters. The minimum atomic E-state index is -0.511. The van der Waals surface area contributed by atoms with E-state index < -0.39 is 5.91 Å². The predicted molar refractivity (Wildman–Crippen MR) is 71.1 cm³/mol. The van der Waals surface area contributed by atoms with Crippen molar-refractivity contribution in [2.45, 2.75) is 32.2 Å². The zero-order valence-electron chi connectivity index (χ0n) is 10.5. The van der Waals surface area contributed by atoms with Gasteiger partial charge >= 0.3 is 0 Å². The van der Waals surface area contributed by atoms with Gasteiger partial charge in [0.2, 0.25) is 11.8 Å². The van der Waals surface area contributed by atoms with E-state index in [1.165, 1.54) is 0 Å². The van der Waals surface area contributed by atoms with Crippen molar-refractivity contribution in [1.29, 1.82) is 0 Å². The maximum Gasteiger partial charge on any atom is 0.248 e. The summed E-state index contributed by atoms with van der Waals surface area (Å²) in [5, 5.41) is 2.72. The summed E-state index contributed by atoms with van der Waals surface area (Å²) in [5.74, 6) is -0.597. The molecule has 0 aliphatic heterocycles. The average Bonchev–Trinajstić information content (AvgIpc) is 2.28. The van der Waals surface area contributed by atoms with Gasteiger partial charge in [0.25, 0.3) is 0 Å². The maximum atomic E-state index is 11.6. The van der Waals surface area contributed by atoms with E-state index in [9.17, 15) is 9.59 Å². The van der Waals surface area contributed by atoms with Gasteiger partial charge in [-0.1, -0.05) is 6.07 Å². The summed E-state index contributed by atoms with van der Waals surface area (Å²) < 4.78 is 0. The Morgan fingerprint density at radius 1 is 1.39 bits per heavy atom. The summed E-state index contributed by atoms with van der Waals surface area (Å²) in [6, 6.07) is 6.67. The molecule has 0 saturated heterocycles. The molecular weight excluding hydrogens is 230 g/mol. The monoisotopic (exact) mass is 249 g/mol. The lowest BCUT2D eigenvalue weighted by Crippen LogP contribution is -2.17. The standard InChI is InChI=1S/C13H19N3O2/c1-9(14)4-2-7-12(17)16-11-6-3-5-10(8-11)13(15)18/h3,5-6,8-9H,2,4,7,14H2,1H3,(H2,15,18)(H,16,17). The van der Waals surface area contributed by atoms with Crippen LogP contribution in [0, 0.1) is 0 Å². The highest BCUT2D eigenvalue weighted by atomic mass is 16.2. The van der Waals surface area contributed by atoms with Crippen LogP contribution in [-0.2, 0) is 4.79 Å². The number of amides is 2. The van der Waals surface area contributed by atoms with Gasteiger partial charge < -0.3 is 16.8 Å². The lowest BCUT2D eigenvalue weighted by atomic mass is 10.1. The molecule has 1 atom stereocenters. The highest BCUT2D eigenvalue weighted by Crippen LogP contribution is 2.11. The summed E-state index contributed by atoms with van der Waals surface area (Å²) in [6.45, 7) is 1.91. The van der Waals surface area contributed by atoms with Crippen molar-refractivity contribution >= 4 is 17.5 Å². The Morgan fingerprint density at radius 2 is 2.11 bits per heavy atom. The van der Waals surface area contributed by atoms with Gasteiger partial charge in [0.15, 0.2) is 0 Å². The van der Waals surface area contributed by atoms with Crippen LogP contribution in [0.25, 0.3) is 0 Å². The number of nitrogens with two attached hydrogens (primary N) is 2. The fourth-order valence-corrected chi connectivity index (χ4v) is 1.56. The number of carbonyl (C=O) groups excluding carboxylic acids is 2. The van der Waals surface area contributed by atoms with Crippen LogP contribution in [0.5, 0.6) is 0 Å². The summed E-state index contributed by atoms with van der Waals surface area (Å²) in [7, 11) is 0. The Bertz CT molecular complexity index is 430. The second-order valence-electron chi connectivity index (χ2n) is 4.36. The molecule has 5 N–H and O–H groups in total. The van der Waals surface area contributed by atoms with Gasteiger partial charge in [-0.3, -0.25) is 9.59 Å². The van der Waals surface area contributed by atoms with Crippen LogP contribution in [0.2, 0.25) is 0 Å². The van der Waals surface area contributed by atoms with Crippen LogP contribution >= 0.6 is 0 Å². The van der Waals surface area contributed by atoms with Gasteiger partial charge in [0.1, 0.15) is 0 Å². The topological polar surface area (TPSA) is 98.2 Å². The molecule has 0 aliphatic carbocycles. The Morgan fingerprint density at radius 3 is 2.72 bits per heavy atom. The zero-order chi connectivity index (χ0) is 13.5. The molecule has 5 heteroatoms. The van der Waals surface area contributed by atoms with E-state index in [4.69, 9.17) is 11.5 Å². The molecule has 1 aromatic rings. The van der Waals surface area contributed by atoms with E-state index in [0.29, 0.717) is 17.7 Å². The quantitative estimate of drug-likeness (QED) is 0.707. The molecule has 1 rings (SSSR count). The lowest BCUT2D eigenvalue weighted by molar-refractivity contribution is -0.116.